The van der Waals surface area contributed by atoms with Gasteiger partial charge in [-0.15, -0.1) is 5.10 Å². The van der Waals surface area contributed by atoms with Gasteiger partial charge in [-0.2, -0.15) is 0 Å². The molecule has 0 spiro atoms. The predicted octanol–water partition coefficient (Wildman–Crippen LogP) is 0.0951. The Bertz CT molecular complexity index is 504. The molecule has 8 nitrogen and oxygen atoms in total. The van der Waals surface area contributed by atoms with Gasteiger partial charge < -0.3 is 15.3 Å². The van der Waals surface area contributed by atoms with Gasteiger partial charge in [-0.05, 0) is 19.3 Å². The number of carbonyl (C=O) groups is 2. The van der Waals surface area contributed by atoms with Crippen LogP contribution >= 0.6 is 0 Å². The molecule has 1 aromatic heterocycles. The molecule has 3 rings (SSSR count). The van der Waals surface area contributed by atoms with Crippen molar-refractivity contribution in [1.82, 2.24) is 25.2 Å². The fraction of sp³-hybridized carbons (Fsp3) is 0.636. The Morgan fingerprint density at radius 1 is 1.37 bits per heavy atom. The second-order valence-electron chi connectivity index (χ2n) is 5.03. The average Bonchev–Trinajstić information content (AvgIpc) is 2.71. The summed E-state index contributed by atoms with van der Waals surface area (Å²) in [5.74, 6) is -1.09. The third-order valence-corrected chi connectivity index (χ3v) is 3.69. The molecule has 2 N–H and O–H groups in total. The van der Waals surface area contributed by atoms with Crippen molar-refractivity contribution in [2.45, 2.75) is 31.3 Å². The topological polar surface area (TPSA) is 100 Å². The van der Waals surface area contributed by atoms with Crippen molar-refractivity contribution in [3.8, 4) is 0 Å². The van der Waals surface area contributed by atoms with Crippen LogP contribution in [0.1, 0.15) is 35.8 Å². The smallest absolute Gasteiger partial charge is 0.358 e. The Labute approximate surface area is 109 Å². The Kier molecular flexibility index (Phi) is 2.84. The zero-order valence-corrected chi connectivity index (χ0v) is 10.3. The third kappa shape index (κ3) is 2.25. The van der Waals surface area contributed by atoms with Crippen molar-refractivity contribution in [3.05, 3.63) is 11.9 Å². The molecule has 2 amide bonds. The minimum atomic E-state index is -1.09. The minimum absolute atomic E-state index is 0.0211. The van der Waals surface area contributed by atoms with E-state index in [9.17, 15) is 9.59 Å². The number of likely N-dealkylation sites (tertiary alicyclic amines) is 1. The van der Waals surface area contributed by atoms with Crippen molar-refractivity contribution in [1.29, 1.82) is 0 Å². The van der Waals surface area contributed by atoms with Gasteiger partial charge in [0.1, 0.15) is 0 Å². The lowest BCUT2D eigenvalue weighted by Crippen LogP contribution is -2.56. The molecule has 2 heterocycles. The number of carboxylic acid groups (broad SMARTS) is 1. The summed E-state index contributed by atoms with van der Waals surface area (Å²) < 4.78 is 1.51. The van der Waals surface area contributed by atoms with Crippen molar-refractivity contribution >= 4 is 12.0 Å². The van der Waals surface area contributed by atoms with Crippen molar-refractivity contribution in [3.63, 3.8) is 0 Å². The van der Waals surface area contributed by atoms with Gasteiger partial charge in [-0.3, -0.25) is 0 Å². The molecule has 1 aromatic rings. The third-order valence-electron chi connectivity index (χ3n) is 3.69. The number of hydrogen-bond acceptors (Lipinski definition) is 4. The second kappa shape index (κ2) is 4.52. The molecule has 8 heteroatoms. The van der Waals surface area contributed by atoms with Crippen LogP contribution in [0.3, 0.4) is 0 Å². The monoisotopic (exact) mass is 265 g/mol. The summed E-state index contributed by atoms with van der Waals surface area (Å²) in [7, 11) is 0. The SMILES string of the molecule is O=C(O)c1cn(C2CN(C(=O)NC3CCC3)C2)nn1. The standard InChI is InChI=1S/C11H15N5O3/c17-10(18)9-6-16(14-13-9)8-4-15(5-8)11(19)12-7-2-1-3-7/h6-8H,1-5H2,(H,12,19)(H,17,18). The van der Waals surface area contributed by atoms with Gasteiger partial charge >= 0.3 is 12.0 Å². The van der Waals surface area contributed by atoms with Gasteiger partial charge in [0.25, 0.3) is 0 Å². The lowest BCUT2D eigenvalue weighted by atomic mass is 9.93. The fourth-order valence-electron chi connectivity index (χ4n) is 2.16. The first-order valence-electron chi connectivity index (χ1n) is 6.34. The number of aromatic carboxylic acids is 1. The summed E-state index contributed by atoms with van der Waals surface area (Å²) in [4.78, 5) is 24.2. The van der Waals surface area contributed by atoms with Crippen LogP contribution < -0.4 is 5.32 Å². The summed E-state index contributed by atoms with van der Waals surface area (Å²) in [6, 6.07) is 0.309. The molecule has 102 valence electrons. The van der Waals surface area contributed by atoms with E-state index in [4.69, 9.17) is 5.11 Å². The highest BCUT2D eigenvalue weighted by molar-refractivity contribution is 5.84. The number of rotatable bonds is 3. The first-order chi connectivity index (χ1) is 9.13. The molecular formula is C11H15N5O3. The summed E-state index contributed by atoms with van der Waals surface area (Å²) in [6.45, 7) is 1.09. The van der Waals surface area contributed by atoms with E-state index in [1.54, 1.807) is 4.90 Å². The van der Waals surface area contributed by atoms with Crippen LogP contribution in [0.5, 0.6) is 0 Å². The summed E-state index contributed by atoms with van der Waals surface area (Å²) >= 11 is 0. The predicted molar refractivity (Wildman–Crippen MR) is 63.8 cm³/mol. The van der Waals surface area contributed by atoms with Gasteiger partial charge in [0.05, 0.1) is 12.2 Å². The Balaban J connectivity index is 1.51. The van der Waals surface area contributed by atoms with Crippen molar-refractivity contribution in [2.24, 2.45) is 0 Å². The highest BCUT2D eigenvalue weighted by atomic mass is 16.4. The fourth-order valence-corrected chi connectivity index (χ4v) is 2.16. The molecule has 2 aliphatic rings. The molecule has 0 radical (unpaired) electrons. The zero-order valence-electron chi connectivity index (χ0n) is 10.3. The number of hydrogen-bond donors (Lipinski definition) is 2. The van der Waals surface area contributed by atoms with Gasteiger partial charge in [0.2, 0.25) is 0 Å². The number of amides is 2. The molecule has 1 aliphatic heterocycles. The molecule has 0 unspecified atom stereocenters. The molecule has 19 heavy (non-hydrogen) atoms. The van der Waals surface area contributed by atoms with E-state index in [0.717, 1.165) is 12.8 Å². The van der Waals surface area contributed by atoms with E-state index in [-0.39, 0.29) is 17.8 Å². The van der Waals surface area contributed by atoms with Gasteiger partial charge in [-0.25, -0.2) is 14.3 Å². The van der Waals surface area contributed by atoms with Gasteiger partial charge in [0.15, 0.2) is 5.69 Å². The number of aromatic nitrogens is 3. The molecule has 0 aromatic carbocycles. The summed E-state index contributed by atoms with van der Waals surface area (Å²) in [5, 5.41) is 19.0. The van der Waals surface area contributed by atoms with Crippen LogP contribution in [-0.2, 0) is 0 Å². The van der Waals surface area contributed by atoms with Crippen molar-refractivity contribution in [2.75, 3.05) is 13.1 Å². The quantitative estimate of drug-likeness (QED) is 0.807. The van der Waals surface area contributed by atoms with Crippen LogP contribution in [-0.4, -0.2) is 56.1 Å². The normalized spacial score (nSPS) is 19.7. The van der Waals surface area contributed by atoms with E-state index in [1.807, 2.05) is 0 Å². The molecular weight excluding hydrogens is 250 g/mol. The lowest BCUT2D eigenvalue weighted by molar-refractivity contribution is 0.0690. The summed E-state index contributed by atoms with van der Waals surface area (Å²) in [5.41, 5.74) is -0.0719. The number of urea groups is 1. The largest absolute Gasteiger partial charge is 0.476 e. The number of carboxylic acids is 1. The molecule has 0 atom stereocenters. The zero-order chi connectivity index (χ0) is 13.4. The van der Waals surface area contributed by atoms with Crippen molar-refractivity contribution < 1.29 is 14.7 Å². The van der Waals surface area contributed by atoms with Crippen LogP contribution in [0.25, 0.3) is 0 Å². The summed E-state index contributed by atoms with van der Waals surface area (Å²) in [6.07, 6.45) is 4.71. The highest BCUT2D eigenvalue weighted by Crippen LogP contribution is 2.22. The lowest BCUT2D eigenvalue weighted by Gasteiger charge is -2.40. The van der Waals surface area contributed by atoms with E-state index in [0.29, 0.717) is 19.1 Å². The first kappa shape index (κ1) is 11.9. The molecule has 1 saturated heterocycles. The molecule has 1 saturated carbocycles. The minimum Gasteiger partial charge on any atom is -0.476 e. The molecule has 2 fully saturated rings. The van der Waals surface area contributed by atoms with Crippen LogP contribution in [0.4, 0.5) is 4.79 Å². The Morgan fingerprint density at radius 3 is 2.63 bits per heavy atom. The Morgan fingerprint density at radius 2 is 2.11 bits per heavy atom. The van der Waals surface area contributed by atoms with Gasteiger partial charge in [0, 0.05) is 19.1 Å². The van der Waals surface area contributed by atoms with Crippen LogP contribution in [0, 0.1) is 0 Å². The number of nitrogens with one attached hydrogen (secondary N) is 1. The van der Waals surface area contributed by atoms with E-state index < -0.39 is 5.97 Å². The van der Waals surface area contributed by atoms with Crippen LogP contribution in [0.2, 0.25) is 0 Å². The maximum absolute atomic E-state index is 11.8. The number of carbonyl (C=O) groups excluding carboxylic acids is 1. The maximum atomic E-state index is 11.8. The number of nitrogens with zero attached hydrogens (tertiary/aromatic N) is 4. The Hall–Kier alpha value is -2.12. The second-order valence-corrected chi connectivity index (χ2v) is 5.03. The van der Waals surface area contributed by atoms with E-state index >= 15 is 0 Å². The molecule has 0 bridgehead atoms. The first-order valence-corrected chi connectivity index (χ1v) is 6.34. The van der Waals surface area contributed by atoms with Gasteiger partial charge in [-0.1, -0.05) is 5.21 Å². The average molecular weight is 265 g/mol. The van der Waals surface area contributed by atoms with Crippen LogP contribution in [0.15, 0.2) is 6.20 Å². The maximum Gasteiger partial charge on any atom is 0.358 e. The molecule has 1 aliphatic carbocycles. The van der Waals surface area contributed by atoms with E-state index in [2.05, 4.69) is 15.6 Å². The van der Waals surface area contributed by atoms with E-state index in [1.165, 1.54) is 17.3 Å². The highest BCUT2D eigenvalue weighted by Gasteiger charge is 2.34.